The van der Waals surface area contributed by atoms with E-state index >= 15 is 0 Å². The number of nitrogens with one attached hydrogen (secondary N) is 1. The number of rotatable bonds is 5. The van der Waals surface area contributed by atoms with Crippen LogP contribution in [0.1, 0.15) is 21.5 Å². The Morgan fingerprint density at radius 3 is 2.44 bits per heavy atom. The molecule has 0 atom stereocenters. The van der Waals surface area contributed by atoms with Gasteiger partial charge in [0.15, 0.2) is 0 Å². The molecule has 0 spiro atoms. The number of amides is 1. The van der Waals surface area contributed by atoms with Crippen LogP contribution in [0.2, 0.25) is 0 Å². The number of carbonyl (C=O) groups excluding carboxylic acids is 1. The molecule has 0 bridgehead atoms. The van der Waals surface area contributed by atoms with E-state index in [4.69, 9.17) is 10.00 Å². The minimum absolute atomic E-state index is 0.227. The van der Waals surface area contributed by atoms with E-state index in [0.717, 1.165) is 5.56 Å². The molecule has 3 rings (SSSR count). The van der Waals surface area contributed by atoms with Crippen LogP contribution in [-0.4, -0.2) is 5.91 Å². The fourth-order valence-electron chi connectivity index (χ4n) is 2.30. The third-order valence-corrected chi connectivity index (χ3v) is 3.62. The molecule has 0 aliphatic rings. The molecule has 0 saturated carbocycles. The zero-order valence-electron chi connectivity index (χ0n) is 13.5. The third-order valence-electron chi connectivity index (χ3n) is 3.62. The Balaban J connectivity index is 1.65. The summed E-state index contributed by atoms with van der Waals surface area (Å²) in [5.41, 5.74) is 2.76. The molecule has 1 amide bonds. The van der Waals surface area contributed by atoms with Gasteiger partial charge in [0, 0.05) is 11.3 Å². The second-order valence-corrected chi connectivity index (χ2v) is 5.45. The van der Waals surface area contributed by atoms with Crippen LogP contribution in [-0.2, 0) is 6.61 Å². The van der Waals surface area contributed by atoms with E-state index in [9.17, 15) is 4.79 Å². The first-order chi connectivity index (χ1) is 12.2. The number of benzene rings is 3. The molecule has 3 aromatic carbocycles. The molecule has 0 fully saturated rings. The average Bonchev–Trinajstić information content (AvgIpc) is 2.68. The van der Waals surface area contributed by atoms with E-state index in [1.165, 1.54) is 0 Å². The first kappa shape index (κ1) is 16.3. The summed E-state index contributed by atoms with van der Waals surface area (Å²) in [6, 6.07) is 25.7. The predicted octanol–water partition coefficient (Wildman–Crippen LogP) is 4.39. The quantitative estimate of drug-likeness (QED) is 0.755. The standard InChI is InChI=1S/C21H16N2O2/c22-14-16-9-11-19(12-10-16)23-21(24)18-7-4-8-20(13-18)25-15-17-5-2-1-3-6-17/h1-13H,15H2,(H,23,24). The summed E-state index contributed by atoms with van der Waals surface area (Å²) in [4.78, 5) is 12.4. The number of anilines is 1. The lowest BCUT2D eigenvalue weighted by Gasteiger charge is -2.09. The Morgan fingerprint density at radius 1 is 0.960 bits per heavy atom. The topological polar surface area (TPSA) is 62.1 Å². The highest BCUT2D eigenvalue weighted by Crippen LogP contribution is 2.17. The number of ether oxygens (including phenoxy) is 1. The number of hydrogen-bond acceptors (Lipinski definition) is 3. The van der Waals surface area contributed by atoms with Gasteiger partial charge >= 0.3 is 0 Å². The number of nitriles is 1. The molecule has 4 nitrogen and oxygen atoms in total. The lowest BCUT2D eigenvalue weighted by Crippen LogP contribution is -2.12. The molecule has 4 heteroatoms. The van der Waals surface area contributed by atoms with Gasteiger partial charge in [0.25, 0.3) is 5.91 Å². The third kappa shape index (κ3) is 4.46. The number of nitrogens with zero attached hydrogens (tertiary/aromatic N) is 1. The Bertz CT molecular complexity index is 897. The Kier molecular flexibility index (Phi) is 5.08. The molecule has 0 heterocycles. The van der Waals surface area contributed by atoms with Gasteiger partial charge in [0.2, 0.25) is 0 Å². The number of carbonyl (C=O) groups is 1. The van der Waals surface area contributed by atoms with Gasteiger partial charge < -0.3 is 10.1 Å². The van der Waals surface area contributed by atoms with E-state index in [2.05, 4.69) is 5.32 Å². The molecule has 0 unspecified atom stereocenters. The zero-order chi connectivity index (χ0) is 17.5. The van der Waals surface area contributed by atoms with Crippen LogP contribution in [0, 0.1) is 11.3 Å². The van der Waals surface area contributed by atoms with Crippen LogP contribution < -0.4 is 10.1 Å². The van der Waals surface area contributed by atoms with Gasteiger partial charge in [-0.2, -0.15) is 5.26 Å². The largest absolute Gasteiger partial charge is 0.489 e. The van der Waals surface area contributed by atoms with E-state index in [1.807, 2.05) is 42.5 Å². The molecule has 0 radical (unpaired) electrons. The smallest absolute Gasteiger partial charge is 0.255 e. The van der Waals surface area contributed by atoms with Crippen molar-refractivity contribution in [3.05, 3.63) is 95.6 Å². The summed E-state index contributed by atoms with van der Waals surface area (Å²) in [5, 5.41) is 11.6. The van der Waals surface area contributed by atoms with Crippen molar-refractivity contribution in [2.24, 2.45) is 0 Å². The zero-order valence-corrected chi connectivity index (χ0v) is 13.5. The lowest BCUT2D eigenvalue weighted by molar-refractivity contribution is 0.102. The van der Waals surface area contributed by atoms with Gasteiger partial charge in [-0.1, -0.05) is 36.4 Å². The molecular weight excluding hydrogens is 312 g/mol. The summed E-state index contributed by atoms with van der Waals surface area (Å²) in [6.07, 6.45) is 0. The second-order valence-electron chi connectivity index (χ2n) is 5.45. The SMILES string of the molecule is N#Cc1ccc(NC(=O)c2cccc(OCc3ccccc3)c2)cc1. The maximum absolute atomic E-state index is 12.4. The first-order valence-electron chi connectivity index (χ1n) is 7.83. The Labute approximate surface area is 146 Å². The highest BCUT2D eigenvalue weighted by Gasteiger charge is 2.07. The fourth-order valence-corrected chi connectivity index (χ4v) is 2.30. The highest BCUT2D eigenvalue weighted by atomic mass is 16.5. The van der Waals surface area contributed by atoms with E-state index in [0.29, 0.717) is 29.2 Å². The second kappa shape index (κ2) is 7.80. The van der Waals surface area contributed by atoms with Crippen LogP contribution in [0.3, 0.4) is 0 Å². The van der Waals surface area contributed by atoms with Crippen molar-refractivity contribution in [3.8, 4) is 11.8 Å². The van der Waals surface area contributed by atoms with E-state index < -0.39 is 0 Å². The van der Waals surface area contributed by atoms with Crippen LogP contribution in [0.15, 0.2) is 78.9 Å². The summed E-state index contributed by atoms with van der Waals surface area (Å²) >= 11 is 0. The maximum Gasteiger partial charge on any atom is 0.255 e. The van der Waals surface area contributed by atoms with Crippen molar-refractivity contribution in [3.63, 3.8) is 0 Å². The minimum atomic E-state index is -0.227. The van der Waals surface area contributed by atoms with Crippen molar-refractivity contribution in [2.45, 2.75) is 6.61 Å². The molecule has 0 aliphatic carbocycles. The van der Waals surface area contributed by atoms with Gasteiger partial charge in [-0.05, 0) is 48.0 Å². The van der Waals surface area contributed by atoms with Crippen molar-refractivity contribution in [1.82, 2.24) is 0 Å². The Hall–Kier alpha value is -3.58. The molecule has 0 saturated heterocycles. The molecular formula is C21H16N2O2. The van der Waals surface area contributed by atoms with Gasteiger partial charge in [-0.3, -0.25) is 4.79 Å². The van der Waals surface area contributed by atoms with Crippen LogP contribution in [0.25, 0.3) is 0 Å². The van der Waals surface area contributed by atoms with Crippen LogP contribution in [0.5, 0.6) is 5.75 Å². The predicted molar refractivity (Wildman–Crippen MR) is 96.3 cm³/mol. The van der Waals surface area contributed by atoms with E-state index in [-0.39, 0.29) is 5.91 Å². The molecule has 0 aromatic heterocycles. The molecule has 25 heavy (non-hydrogen) atoms. The maximum atomic E-state index is 12.4. The van der Waals surface area contributed by atoms with Crippen molar-refractivity contribution in [2.75, 3.05) is 5.32 Å². The summed E-state index contributed by atoms with van der Waals surface area (Å²) in [5.74, 6) is 0.409. The van der Waals surface area contributed by atoms with Crippen molar-refractivity contribution in [1.29, 1.82) is 5.26 Å². The van der Waals surface area contributed by atoms with E-state index in [1.54, 1.807) is 42.5 Å². The van der Waals surface area contributed by atoms with Gasteiger partial charge in [0.1, 0.15) is 12.4 Å². The average molecular weight is 328 g/mol. The summed E-state index contributed by atoms with van der Waals surface area (Å²) < 4.78 is 5.75. The van der Waals surface area contributed by atoms with Crippen molar-refractivity contribution >= 4 is 11.6 Å². The van der Waals surface area contributed by atoms with Gasteiger partial charge in [0.05, 0.1) is 11.6 Å². The normalized spacial score (nSPS) is 9.88. The first-order valence-corrected chi connectivity index (χ1v) is 7.83. The summed E-state index contributed by atoms with van der Waals surface area (Å²) in [7, 11) is 0. The minimum Gasteiger partial charge on any atom is -0.489 e. The fraction of sp³-hybridized carbons (Fsp3) is 0.0476. The lowest BCUT2D eigenvalue weighted by atomic mass is 10.2. The van der Waals surface area contributed by atoms with Gasteiger partial charge in [-0.15, -0.1) is 0 Å². The Morgan fingerprint density at radius 2 is 1.72 bits per heavy atom. The summed E-state index contributed by atoms with van der Waals surface area (Å²) in [6.45, 7) is 0.446. The van der Waals surface area contributed by atoms with Gasteiger partial charge in [-0.25, -0.2) is 0 Å². The molecule has 3 aromatic rings. The van der Waals surface area contributed by atoms with Crippen LogP contribution in [0.4, 0.5) is 5.69 Å². The molecule has 122 valence electrons. The molecule has 0 aliphatic heterocycles. The van der Waals surface area contributed by atoms with Crippen LogP contribution >= 0.6 is 0 Å². The van der Waals surface area contributed by atoms with Crippen molar-refractivity contribution < 1.29 is 9.53 Å². The number of hydrogen-bond donors (Lipinski definition) is 1. The molecule has 1 N–H and O–H groups in total. The highest BCUT2D eigenvalue weighted by molar-refractivity contribution is 6.04. The monoisotopic (exact) mass is 328 g/mol.